The minimum absolute atomic E-state index is 0.00260. The van der Waals surface area contributed by atoms with Crippen molar-refractivity contribution in [3.63, 3.8) is 0 Å². The quantitative estimate of drug-likeness (QED) is 0.627. The Morgan fingerprint density at radius 3 is 2.81 bits per heavy atom. The van der Waals surface area contributed by atoms with Crippen LogP contribution in [0.3, 0.4) is 0 Å². The lowest BCUT2D eigenvalue weighted by molar-refractivity contribution is -0.138. The Labute approximate surface area is 93.0 Å². The zero-order chi connectivity index (χ0) is 12.2. The topological polar surface area (TPSA) is 99.3 Å². The zero-order valence-electron chi connectivity index (χ0n) is 8.38. The predicted octanol–water partition coefficient (Wildman–Crippen LogP) is 0.322. The molecule has 0 radical (unpaired) electrons. The Morgan fingerprint density at radius 2 is 2.38 bits per heavy atom. The molecule has 0 aliphatic rings. The van der Waals surface area contributed by atoms with Crippen molar-refractivity contribution in [2.75, 3.05) is 0 Å². The van der Waals surface area contributed by atoms with E-state index in [0.29, 0.717) is 0 Å². The Morgan fingerprint density at radius 1 is 1.69 bits per heavy atom. The minimum Gasteiger partial charge on any atom is -0.480 e. The molecule has 0 saturated heterocycles. The molecule has 6 nitrogen and oxygen atoms in total. The Hall–Kier alpha value is -1.60. The van der Waals surface area contributed by atoms with Gasteiger partial charge in [0, 0.05) is 12.4 Å². The van der Waals surface area contributed by atoms with E-state index in [1.807, 2.05) is 0 Å². The number of carbonyl (C=O) groups is 1. The summed E-state index contributed by atoms with van der Waals surface area (Å²) in [6.45, 7) is 3.37. The van der Waals surface area contributed by atoms with E-state index >= 15 is 0 Å². The first-order valence-corrected chi connectivity index (χ1v) is 5.94. The second-order valence-electron chi connectivity index (χ2n) is 3.08. The Bertz CT molecular complexity index is 464. The fourth-order valence-electron chi connectivity index (χ4n) is 1.10. The Balaban J connectivity index is 2.86. The first kappa shape index (κ1) is 12.5. The number of hydrogen-bond donors (Lipinski definition) is 3. The highest BCUT2D eigenvalue weighted by atomic mass is 32.2. The maximum absolute atomic E-state index is 11.7. The van der Waals surface area contributed by atoms with Crippen LogP contribution in [-0.2, 0) is 14.8 Å². The number of H-pyrrole nitrogens is 1. The largest absolute Gasteiger partial charge is 0.480 e. The molecule has 1 heterocycles. The third-order valence-electron chi connectivity index (χ3n) is 1.88. The zero-order valence-corrected chi connectivity index (χ0v) is 9.20. The molecule has 0 aromatic carbocycles. The normalized spacial score (nSPS) is 13.2. The maximum Gasteiger partial charge on any atom is 0.322 e. The summed E-state index contributed by atoms with van der Waals surface area (Å²) in [4.78, 5) is 13.3. The second kappa shape index (κ2) is 4.95. The van der Waals surface area contributed by atoms with Crippen LogP contribution in [0.5, 0.6) is 0 Å². The number of nitrogens with one attached hydrogen (secondary N) is 2. The average Bonchev–Trinajstić information content (AvgIpc) is 2.69. The van der Waals surface area contributed by atoms with Crippen molar-refractivity contribution in [2.45, 2.75) is 17.4 Å². The van der Waals surface area contributed by atoms with Crippen molar-refractivity contribution >= 4 is 16.0 Å². The molecular weight excluding hydrogens is 232 g/mol. The SMILES string of the molecule is C=CCC(NS(=O)(=O)c1cc[nH]c1)C(=O)O. The monoisotopic (exact) mass is 244 g/mol. The van der Waals surface area contributed by atoms with E-state index in [4.69, 9.17) is 5.11 Å². The molecule has 0 bridgehead atoms. The molecule has 0 aliphatic carbocycles. The van der Waals surface area contributed by atoms with Gasteiger partial charge in [0.15, 0.2) is 0 Å². The summed E-state index contributed by atoms with van der Waals surface area (Å²) >= 11 is 0. The van der Waals surface area contributed by atoms with Gasteiger partial charge in [-0.2, -0.15) is 4.72 Å². The molecule has 1 rings (SSSR count). The lowest BCUT2D eigenvalue weighted by Gasteiger charge is -2.11. The highest BCUT2D eigenvalue weighted by Gasteiger charge is 2.24. The molecule has 0 fully saturated rings. The molecule has 88 valence electrons. The third kappa shape index (κ3) is 2.94. The minimum atomic E-state index is -3.79. The number of aliphatic carboxylic acids is 1. The van der Waals surface area contributed by atoms with E-state index in [1.54, 1.807) is 0 Å². The summed E-state index contributed by atoms with van der Waals surface area (Å²) in [6, 6.07) is 0.146. The smallest absolute Gasteiger partial charge is 0.322 e. The number of rotatable bonds is 6. The van der Waals surface area contributed by atoms with Crippen LogP contribution in [0, 0.1) is 0 Å². The van der Waals surface area contributed by atoms with Gasteiger partial charge in [-0.05, 0) is 12.5 Å². The van der Waals surface area contributed by atoms with Crippen LogP contribution in [0.25, 0.3) is 0 Å². The molecule has 0 aliphatic heterocycles. The molecule has 0 saturated carbocycles. The van der Waals surface area contributed by atoms with Gasteiger partial charge < -0.3 is 10.1 Å². The van der Waals surface area contributed by atoms with Gasteiger partial charge in [-0.15, -0.1) is 6.58 Å². The van der Waals surface area contributed by atoms with Crippen LogP contribution >= 0.6 is 0 Å². The molecule has 7 heteroatoms. The molecule has 0 amide bonds. The van der Waals surface area contributed by atoms with E-state index in [2.05, 4.69) is 16.3 Å². The number of sulfonamides is 1. The van der Waals surface area contributed by atoms with Crippen LogP contribution in [0.1, 0.15) is 6.42 Å². The number of aromatic amines is 1. The van der Waals surface area contributed by atoms with Crippen molar-refractivity contribution in [3.05, 3.63) is 31.1 Å². The number of hydrogen-bond acceptors (Lipinski definition) is 3. The highest BCUT2D eigenvalue weighted by Crippen LogP contribution is 2.08. The van der Waals surface area contributed by atoms with Crippen molar-refractivity contribution in [1.29, 1.82) is 0 Å². The standard InChI is InChI=1S/C9H12N2O4S/c1-2-3-8(9(12)13)11-16(14,15)7-4-5-10-6-7/h2,4-6,8,10-11H,1,3H2,(H,12,13). The van der Waals surface area contributed by atoms with Crippen molar-refractivity contribution in [1.82, 2.24) is 9.71 Å². The van der Waals surface area contributed by atoms with Crippen molar-refractivity contribution in [2.24, 2.45) is 0 Å². The summed E-state index contributed by atoms with van der Waals surface area (Å²) in [6.07, 6.45) is 4.09. The molecule has 1 unspecified atom stereocenters. The van der Waals surface area contributed by atoms with E-state index in [-0.39, 0.29) is 11.3 Å². The first-order chi connectivity index (χ1) is 7.47. The average molecular weight is 244 g/mol. The summed E-state index contributed by atoms with van der Waals surface area (Å²) in [5, 5.41) is 8.78. The van der Waals surface area contributed by atoms with Gasteiger partial charge >= 0.3 is 5.97 Å². The summed E-state index contributed by atoms with van der Waals surface area (Å²) < 4.78 is 25.4. The highest BCUT2D eigenvalue weighted by molar-refractivity contribution is 7.89. The Kier molecular flexibility index (Phi) is 3.86. The molecule has 1 atom stereocenters. The van der Waals surface area contributed by atoms with Gasteiger partial charge in [0.25, 0.3) is 0 Å². The van der Waals surface area contributed by atoms with Gasteiger partial charge in [0.05, 0.1) is 4.90 Å². The lowest BCUT2D eigenvalue weighted by Crippen LogP contribution is -2.40. The van der Waals surface area contributed by atoms with Gasteiger partial charge in [-0.3, -0.25) is 4.79 Å². The van der Waals surface area contributed by atoms with E-state index in [1.165, 1.54) is 24.5 Å². The number of aromatic nitrogens is 1. The summed E-state index contributed by atoms with van der Waals surface area (Å²) in [5.41, 5.74) is 0. The van der Waals surface area contributed by atoms with Crippen molar-refractivity contribution in [3.8, 4) is 0 Å². The first-order valence-electron chi connectivity index (χ1n) is 4.46. The molecule has 1 aromatic heterocycles. The van der Waals surface area contributed by atoms with Crippen LogP contribution in [0.15, 0.2) is 36.0 Å². The number of carboxylic acids is 1. The van der Waals surface area contributed by atoms with Crippen LogP contribution in [-0.4, -0.2) is 30.5 Å². The maximum atomic E-state index is 11.7. The van der Waals surface area contributed by atoms with E-state index in [0.717, 1.165) is 0 Å². The molecule has 16 heavy (non-hydrogen) atoms. The predicted molar refractivity (Wildman–Crippen MR) is 57.4 cm³/mol. The van der Waals surface area contributed by atoms with Crippen LogP contribution < -0.4 is 4.72 Å². The molecule has 1 aromatic rings. The molecule has 0 spiro atoms. The van der Waals surface area contributed by atoms with Gasteiger partial charge in [-0.25, -0.2) is 8.42 Å². The van der Waals surface area contributed by atoms with E-state index in [9.17, 15) is 13.2 Å². The van der Waals surface area contributed by atoms with Crippen LogP contribution in [0.2, 0.25) is 0 Å². The van der Waals surface area contributed by atoms with Gasteiger partial charge in [0.1, 0.15) is 6.04 Å². The van der Waals surface area contributed by atoms with Gasteiger partial charge in [0.2, 0.25) is 10.0 Å². The molecule has 3 N–H and O–H groups in total. The lowest BCUT2D eigenvalue weighted by atomic mass is 10.2. The van der Waals surface area contributed by atoms with Gasteiger partial charge in [-0.1, -0.05) is 6.08 Å². The molecular formula is C9H12N2O4S. The van der Waals surface area contributed by atoms with Crippen LogP contribution in [0.4, 0.5) is 0 Å². The third-order valence-corrected chi connectivity index (χ3v) is 3.35. The summed E-state index contributed by atoms with van der Waals surface area (Å²) in [5.74, 6) is -1.24. The summed E-state index contributed by atoms with van der Waals surface area (Å²) in [7, 11) is -3.79. The van der Waals surface area contributed by atoms with Crippen molar-refractivity contribution < 1.29 is 18.3 Å². The number of carboxylic acid groups (broad SMARTS) is 1. The fourth-order valence-corrected chi connectivity index (χ4v) is 2.28. The second-order valence-corrected chi connectivity index (χ2v) is 4.80. The fraction of sp³-hybridized carbons (Fsp3) is 0.222. The van der Waals surface area contributed by atoms with E-state index < -0.39 is 22.0 Å².